The Bertz CT molecular complexity index is 772. The van der Waals surface area contributed by atoms with E-state index in [0.717, 1.165) is 11.3 Å². The first-order chi connectivity index (χ1) is 12.0. The first kappa shape index (κ1) is 18.8. The highest BCUT2D eigenvalue weighted by molar-refractivity contribution is 6.30. The monoisotopic (exact) mass is 360 g/mol. The van der Waals surface area contributed by atoms with Crippen LogP contribution in [0.3, 0.4) is 0 Å². The molecule has 4 nitrogen and oxygen atoms in total. The van der Waals surface area contributed by atoms with Gasteiger partial charge in [0.15, 0.2) is 0 Å². The fourth-order valence-electron chi connectivity index (χ4n) is 2.27. The van der Waals surface area contributed by atoms with Gasteiger partial charge in [-0.25, -0.2) is 4.39 Å². The molecular formula is C19H18ClFN2O2. The predicted molar refractivity (Wildman–Crippen MR) is 93.8 cm³/mol. The molecule has 1 amide bonds. The fourth-order valence-corrected chi connectivity index (χ4v) is 2.49. The van der Waals surface area contributed by atoms with Crippen LogP contribution >= 0.6 is 11.6 Å². The molecule has 0 saturated carbocycles. The lowest BCUT2D eigenvalue weighted by atomic mass is 10.1. The summed E-state index contributed by atoms with van der Waals surface area (Å²) in [6.07, 6.45) is 0.738. The maximum atomic E-state index is 12.9. The van der Waals surface area contributed by atoms with Crippen molar-refractivity contribution in [3.63, 3.8) is 0 Å². The number of aryl methyl sites for hydroxylation is 1. The number of nitrogens with zero attached hydrogens (tertiary/aromatic N) is 1. The van der Waals surface area contributed by atoms with Crippen molar-refractivity contribution >= 4 is 17.5 Å². The van der Waals surface area contributed by atoms with Gasteiger partial charge in [-0.3, -0.25) is 4.79 Å². The molecule has 0 aliphatic rings. The highest BCUT2D eigenvalue weighted by atomic mass is 35.5. The molecule has 2 aromatic carbocycles. The van der Waals surface area contributed by atoms with Gasteiger partial charge in [0.25, 0.3) is 0 Å². The Kier molecular flexibility index (Phi) is 6.79. The van der Waals surface area contributed by atoms with Crippen molar-refractivity contribution in [2.75, 3.05) is 6.61 Å². The summed E-state index contributed by atoms with van der Waals surface area (Å²) in [5.41, 5.74) is 1.48. The van der Waals surface area contributed by atoms with E-state index in [1.807, 2.05) is 19.1 Å². The first-order valence-electron chi connectivity index (χ1n) is 7.83. The summed E-state index contributed by atoms with van der Waals surface area (Å²) in [4.78, 5) is 12.0. The summed E-state index contributed by atoms with van der Waals surface area (Å²) in [5, 5.41) is 12.4. The van der Waals surface area contributed by atoms with Crippen LogP contribution in [0.1, 0.15) is 30.0 Å². The molecule has 0 radical (unpaired) electrons. The minimum Gasteiger partial charge on any atom is -0.493 e. The summed E-state index contributed by atoms with van der Waals surface area (Å²) < 4.78 is 18.5. The Morgan fingerprint density at radius 1 is 1.32 bits per heavy atom. The molecule has 1 N–H and O–H groups in total. The molecule has 6 heteroatoms. The second kappa shape index (κ2) is 9.05. The average molecular weight is 361 g/mol. The number of amides is 1. The van der Waals surface area contributed by atoms with Gasteiger partial charge in [-0.05, 0) is 54.8 Å². The van der Waals surface area contributed by atoms with Crippen molar-refractivity contribution in [2.45, 2.75) is 25.8 Å². The fraction of sp³-hybridized carbons (Fsp3) is 0.263. The highest BCUT2D eigenvalue weighted by Gasteiger charge is 2.13. The third-order valence-electron chi connectivity index (χ3n) is 3.58. The minimum absolute atomic E-state index is 0.228. The standard InChI is InChI=1S/C19H18ClFN2O2/c1-13-11-15(20)6-9-18(13)25-10-2-3-19(24)23-17(12-22)14-4-7-16(21)8-5-14/h4-9,11,17H,2-3,10H2,1H3,(H,23,24)/t17-/m1/s1. The van der Waals surface area contributed by atoms with Crippen molar-refractivity contribution in [3.8, 4) is 11.8 Å². The van der Waals surface area contributed by atoms with Gasteiger partial charge < -0.3 is 10.1 Å². The van der Waals surface area contributed by atoms with E-state index in [2.05, 4.69) is 5.32 Å². The maximum Gasteiger partial charge on any atom is 0.221 e. The summed E-state index contributed by atoms with van der Waals surface area (Å²) in [6, 6.07) is 12.0. The molecule has 130 valence electrons. The third-order valence-corrected chi connectivity index (χ3v) is 3.82. The van der Waals surface area contributed by atoms with Crippen molar-refractivity contribution < 1.29 is 13.9 Å². The van der Waals surface area contributed by atoms with Gasteiger partial charge in [-0.2, -0.15) is 5.26 Å². The SMILES string of the molecule is Cc1cc(Cl)ccc1OCCCC(=O)N[C@H](C#N)c1ccc(F)cc1. The van der Waals surface area contributed by atoms with Gasteiger partial charge >= 0.3 is 0 Å². The van der Waals surface area contributed by atoms with Crippen LogP contribution in [0.2, 0.25) is 5.02 Å². The Balaban J connectivity index is 1.78. The molecule has 2 rings (SSSR count). The molecule has 0 aliphatic carbocycles. The van der Waals surface area contributed by atoms with Crippen molar-refractivity contribution in [1.29, 1.82) is 5.26 Å². The van der Waals surface area contributed by atoms with Gasteiger partial charge in [-0.1, -0.05) is 23.7 Å². The van der Waals surface area contributed by atoms with Crippen LogP contribution in [0.15, 0.2) is 42.5 Å². The van der Waals surface area contributed by atoms with Crippen LogP contribution in [-0.4, -0.2) is 12.5 Å². The number of nitrogens with one attached hydrogen (secondary N) is 1. The highest BCUT2D eigenvalue weighted by Crippen LogP contribution is 2.22. The number of ether oxygens (including phenoxy) is 1. The van der Waals surface area contributed by atoms with Crippen LogP contribution in [-0.2, 0) is 4.79 Å². The molecule has 0 heterocycles. The average Bonchev–Trinajstić information content (AvgIpc) is 2.59. The molecule has 2 aromatic rings. The lowest BCUT2D eigenvalue weighted by Crippen LogP contribution is -2.27. The van der Waals surface area contributed by atoms with E-state index in [4.69, 9.17) is 16.3 Å². The van der Waals surface area contributed by atoms with Crippen molar-refractivity contribution in [1.82, 2.24) is 5.32 Å². The Hall–Kier alpha value is -2.58. The molecule has 0 fully saturated rings. The molecule has 0 spiro atoms. The van der Waals surface area contributed by atoms with Gasteiger partial charge in [0.1, 0.15) is 17.6 Å². The van der Waals surface area contributed by atoms with Gasteiger partial charge in [0.05, 0.1) is 12.7 Å². The molecular weight excluding hydrogens is 343 g/mol. The van der Waals surface area contributed by atoms with Crippen molar-refractivity contribution in [3.05, 3.63) is 64.4 Å². The zero-order chi connectivity index (χ0) is 18.2. The molecule has 0 aromatic heterocycles. The van der Waals surface area contributed by atoms with E-state index in [1.54, 1.807) is 12.1 Å². The number of rotatable bonds is 7. The summed E-state index contributed by atoms with van der Waals surface area (Å²) >= 11 is 5.89. The quantitative estimate of drug-likeness (QED) is 0.747. The molecule has 25 heavy (non-hydrogen) atoms. The van der Waals surface area contributed by atoms with E-state index in [9.17, 15) is 14.4 Å². The molecule has 0 saturated heterocycles. The first-order valence-corrected chi connectivity index (χ1v) is 8.21. The molecule has 0 aliphatic heterocycles. The Morgan fingerprint density at radius 3 is 2.68 bits per heavy atom. The smallest absolute Gasteiger partial charge is 0.221 e. The summed E-state index contributed by atoms with van der Waals surface area (Å²) in [6.45, 7) is 2.28. The number of carbonyl (C=O) groups is 1. The zero-order valence-electron chi connectivity index (χ0n) is 13.8. The minimum atomic E-state index is -0.799. The van der Waals surface area contributed by atoms with E-state index in [-0.39, 0.29) is 18.1 Å². The number of halogens is 2. The third kappa shape index (κ3) is 5.77. The molecule has 0 unspecified atom stereocenters. The number of nitriles is 1. The van der Waals surface area contributed by atoms with Crippen LogP contribution in [0.25, 0.3) is 0 Å². The van der Waals surface area contributed by atoms with Crippen LogP contribution < -0.4 is 10.1 Å². The Morgan fingerprint density at radius 2 is 2.04 bits per heavy atom. The van der Waals surface area contributed by atoms with E-state index in [0.29, 0.717) is 23.6 Å². The maximum absolute atomic E-state index is 12.9. The number of carbonyl (C=O) groups excluding carboxylic acids is 1. The zero-order valence-corrected chi connectivity index (χ0v) is 14.5. The normalized spacial score (nSPS) is 11.4. The number of hydrogen-bond acceptors (Lipinski definition) is 3. The van der Waals surface area contributed by atoms with Crippen LogP contribution in [0.5, 0.6) is 5.75 Å². The van der Waals surface area contributed by atoms with Crippen LogP contribution in [0.4, 0.5) is 4.39 Å². The van der Waals surface area contributed by atoms with Gasteiger partial charge in [0, 0.05) is 11.4 Å². The molecule has 0 bridgehead atoms. The Labute approximate surface area is 151 Å². The molecule has 1 atom stereocenters. The topological polar surface area (TPSA) is 62.1 Å². The summed E-state index contributed by atoms with van der Waals surface area (Å²) in [7, 11) is 0. The second-order valence-corrected chi connectivity index (χ2v) is 5.98. The van der Waals surface area contributed by atoms with Gasteiger partial charge in [-0.15, -0.1) is 0 Å². The van der Waals surface area contributed by atoms with E-state index < -0.39 is 6.04 Å². The predicted octanol–water partition coefficient (Wildman–Crippen LogP) is 4.33. The van der Waals surface area contributed by atoms with Gasteiger partial charge in [0.2, 0.25) is 5.91 Å². The summed E-state index contributed by atoms with van der Waals surface area (Å²) in [5.74, 6) is 0.0831. The second-order valence-electron chi connectivity index (χ2n) is 5.54. The van der Waals surface area contributed by atoms with Crippen molar-refractivity contribution in [2.24, 2.45) is 0 Å². The lowest BCUT2D eigenvalue weighted by molar-refractivity contribution is -0.121. The largest absolute Gasteiger partial charge is 0.493 e. The van der Waals surface area contributed by atoms with Crippen LogP contribution in [0, 0.1) is 24.1 Å². The number of benzene rings is 2. The van der Waals surface area contributed by atoms with E-state index >= 15 is 0 Å². The van der Waals surface area contributed by atoms with E-state index in [1.165, 1.54) is 24.3 Å². The number of hydrogen-bond donors (Lipinski definition) is 1. The lowest BCUT2D eigenvalue weighted by Gasteiger charge is -2.12.